The van der Waals surface area contributed by atoms with Crippen molar-refractivity contribution in [2.45, 2.75) is 57.0 Å². The van der Waals surface area contributed by atoms with Gasteiger partial charge in [0.1, 0.15) is 12.6 Å². The first-order valence-corrected chi connectivity index (χ1v) is 12.6. The number of amides is 2. The van der Waals surface area contributed by atoms with Crippen molar-refractivity contribution in [3.05, 3.63) is 59.7 Å². The van der Waals surface area contributed by atoms with Crippen LogP contribution in [0.25, 0.3) is 11.1 Å². The molecule has 2 aromatic rings. The highest BCUT2D eigenvalue weighted by atomic mass is 16.5. The summed E-state index contributed by atoms with van der Waals surface area (Å²) in [4.78, 5) is 37.0. The summed E-state index contributed by atoms with van der Waals surface area (Å²) in [7, 11) is 0. The van der Waals surface area contributed by atoms with E-state index in [1.165, 1.54) is 0 Å². The third-order valence-electron chi connectivity index (χ3n) is 8.03. The lowest BCUT2D eigenvalue weighted by Gasteiger charge is -2.41. The number of hydrogen-bond acceptors (Lipinski definition) is 4. The first-order chi connectivity index (χ1) is 17.0. The van der Waals surface area contributed by atoms with Crippen LogP contribution in [0.2, 0.25) is 0 Å². The van der Waals surface area contributed by atoms with Crippen molar-refractivity contribution < 1.29 is 24.2 Å². The molecule has 0 bridgehead atoms. The molecule has 184 valence electrons. The Hall–Kier alpha value is -3.35. The SMILES string of the molecule is CCC[C@@H](NC(=O)OCC1c2ccccc2-c2ccccc21)C(=O)N[C@@H]1C[C@@H]2CC(C(=O)O)C[C@@H]21. The molecule has 2 aromatic carbocycles. The smallest absolute Gasteiger partial charge is 0.407 e. The van der Waals surface area contributed by atoms with E-state index < -0.39 is 18.1 Å². The molecule has 0 radical (unpaired) electrons. The van der Waals surface area contributed by atoms with Crippen molar-refractivity contribution in [2.75, 3.05) is 6.61 Å². The zero-order valence-electron chi connectivity index (χ0n) is 19.9. The zero-order valence-corrected chi connectivity index (χ0v) is 19.9. The lowest BCUT2D eigenvalue weighted by Crippen LogP contribution is -2.56. The summed E-state index contributed by atoms with van der Waals surface area (Å²) in [6, 6.07) is 15.6. The van der Waals surface area contributed by atoms with E-state index >= 15 is 0 Å². The Labute approximate surface area is 205 Å². The van der Waals surface area contributed by atoms with Crippen LogP contribution >= 0.6 is 0 Å². The van der Waals surface area contributed by atoms with E-state index in [1.807, 2.05) is 31.2 Å². The predicted octanol–water partition coefficient (Wildman–Crippen LogP) is 4.31. The van der Waals surface area contributed by atoms with Gasteiger partial charge in [0.25, 0.3) is 0 Å². The van der Waals surface area contributed by atoms with E-state index in [-0.39, 0.29) is 36.3 Å². The van der Waals surface area contributed by atoms with Gasteiger partial charge in [-0.15, -0.1) is 0 Å². The van der Waals surface area contributed by atoms with Gasteiger partial charge in [0.2, 0.25) is 5.91 Å². The summed E-state index contributed by atoms with van der Waals surface area (Å²) in [5.41, 5.74) is 4.60. The van der Waals surface area contributed by atoms with Crippen LogP contribution in [0, 0.1) is 17.8 Å². The van der Waals surface area contributed by atoms with Crippen molar-refractivity contribution in [1.29, 1.82) is 0 Å². The van der Waals surface area contributed by atoms with E-state index in [2.05, 4.69) is 34.9 Å². The molecule has 0 spiro atoms. The van der Waals surface area contributed by atoms with Gasteiger partial charge in [0.15, 0.2) is 0 Å². The normalized spacial score (nSPS) is 24.9. The number of carbonyl (C=O) groups is 3. The molecular weight excluding hydrogens is 444 g/mol. The number of ether oxygens (including phenoxy) is 1. The number of aliphatic carboxylic acids is 1. The number of rotatable bonds is 8. The average molecular weight is 477 g/mol. The van der Waals surface area contributed by atoms with Gasteiger partial charge in [0, 0.05) is 12.0 Å². The number of carbonyl (C=O) groups excluding carboxylic acids is 2. The Bertz CT molecular complexity index is 1090. The van der Waals surface area contributed by atoms with E-state index in [1.54, 1.807) is 0 Å². The minimum absolute atomic E-state index is 0.0134. The van der Waals surface area contributed by atoms with Crippen LogP contribution in [0.3, 0.4) is 0 Å². The van der Waals surface area contributed by atoms with E-state index in [4.69, 9.17) is 4.74 Å². The lowest BCUT2D eigenvalue weighted by atomic mass is 9.71. The van der Waals surface area contributed by atoms with E-state index in [9.17, 15) is 19.5 Å². The minimum atomic E-state index is -0.745. The molecule has 35 heavy (non-hydrogen) atoms. The molecule has 0 aromatic heterocycles. The first kappa shape index (κ1) is 23.4. The molecule has 5 atom stereocenters. The second kappa shape index (κ2) is 9.72. The topological polar surface area (TPSA) is 105 Å². The maximum Gasteiger partial charge on any atom is 0.407 e. The molecule has 0 heterocycles. The van der Waals surface area contributed by atoms with Crippen molar-refractivity contribution in [3.63, 3.8) is 0 Å². The van der Waals surface area contributed by atoms with Gasteiger partial charge in [-0.05, 0) is 59.8 Å². The summed E-state index contributed by atoms with van der Waals surface area (Å²) < 4.78 is 5.63. The van der Waals surface area contributed by atoms with Crippen molar-refractivity contribution in [2.24, 2.45) is 17.8 Å². The molecule has 7 heteroatoms. The van der Waals surface area contributed by atoms with Gasteiger partial charge in [-0.2, -0.15) is 0 Å². The fraction of sp³-hybridized carbons (Fsp3) is 0.464. The molecule has 3 aliphatic carbocycles. The van der Waals surface area contributed by atoms with Gasteiger partial charge < -0.3 is 20.5 Å². The van der Waals surface area contributed by atoms with Crippen LogP contribution < -0.4 is 10.6 Å². The largest absolute Gasteiger partial charge is 0.481 e. The zero-order chi connectivity index (χ0) is 24.5. The van der Waals surface area contributed by atoms with Crippen LogP contribution in [0.1, 0.15) is 56.1 Å². The van der Waals surface area contributed by atoms with Crippen molar-refractivity contribution in [1.82, 2.24) is 10.6 Å². The monoisotopic (exact) mass is 476 g/mol. The number of nitrogens with one attached hydrogen (secondary N) is 2. The maximum absolute atomic E-state index is 13.0. The number of benzene rings is 2. The molecule has 2 saturated carbocycles. The fourth-order valence-corrected chi connectivity index (χ4v) is 6.22. The number of alkyl carbamates (subject to hydrolysis) is 1. The van der Waals surface area contributed by atoms with Gasteiger partial charge >= 0.3 is 12.1 Å². The van der Waals surface area contributed by atoms with Gasteiger partial charge in [0.05, 0.1) is 5.92 Å². The average Bonchev–Trinajstić information content (AvgIpc) is 3.36. The summed E-state index contributed by atoms with van der Waals surface area (Å²) in [6.07, 6.45) is 2.77. The Kier molecular flexibility index (Phi) is 6.50. The standard InChI is InChI=1S/C28H32N2O5/c1-2-7-24(26(31)29-25-14-16-12-17(27(32)33)13-22(16)25)30-28(34)35-15-23-20-10-5-3-8-18(20)19-9-4-6-11-21(19)23/h3-6,8-11,16-17,22-25H,2,7,12-15H2,1H3,(H,29,31)(H,30,34)(H,32,33)/t16-,17?,22-,24+,25+/m0/s1. The van der Waals surface area contributed by atoms with E-state index in [0.717, 1.165) is 35.1 Å². The highest BCUT2D eigenvalue weighted by Gasteiger charge is 2.50. The minimum Gasteiger partial charge on any atom is -0.481 e. The summed E-state index contributed by atoms with van der Waals surface area (Å²) in [6.45, 7) is 2.16. The van der Waals surface area contributed by atoms with Gasteiger partial charge in [-0.3, -0.25) is 9.59 Å². The number of carboxylic acid groups (broad SMARTS) is 1. The molecule has 2 fully saturated rings. The Balaban J connectivity index is 1.17. The third-order valence-corrected chi connectivity index (χ3v) is 8.03. The molecule has 0 aliphatic heterocycles. The van der Waals surface area contributed by atoms with Crippen molar-refractivity contribution >= 4 is 18.0 Å². The van der Waals surface area contributed by atoms with Crippen LogP contribution in [0.5, 0.6) is 0 Å². The summed E-state index contributed by atoms with van der Waals surface area (Å²) >= 11 is 0. The lowest BCUT2D eigenvalue weighted by molar-refractivity contribution is -0.141. The first-order valence-electron chi connectivity index (χ1n) is 12.6. The van der Waals surface area contributed by atoms with Crippen molar-refractivity contribution in [3.8, 4) is 11.1 Å². The number of hydrogen-bond donors (Lipinski definition) is 3. The Morgan fingerprint density at radius 2 is 1.66 bits per heavy atom. The predicted molar refractivity (Wildman–Crippen MR) is 131 cm³/mol. The van der Waals surface area contributed by atoms with E-state index in [0.29, 0.717) is 25.2 Å². The fourth-order valence-electron chi connectivity index (χ4n) is 6.22. The highest BCUT2D eigenvalue weighted by molar-refractivity contribution is 5.86. The van der Waals surface area contributed by atoms with Crippen LogP contribution in [-0.4, -0.2) is 41.8 Å². The second-order valence-electron chi connectivity index (χ2n) is 10.1. The Morgan fingerprint density at radius 3 is 2.29 bits per heavy atom. The molecular formula is C28H32N2O5. The quantitative estimate of drug-likeness (QED) is 0.527. The number of fused-ring (bicyclic) bond motifs is 4. The Morgan fingerprint density at radius 1 is 1.00 bits per heavy atom. The molecule has 7 nitrogen and oxygen atoms in total. The third kappa shape index (κ3) is 4.51. The number of carboxylic acids is 1. The highest BCUT2D eigenvalue weighted by Crippen LogP contribution is 2.50. The summed E-state index contributed by atoms with van der Waals surface area (Å²) in [5, 5.41) is 15.1. The second-order valence-corrected chi connectivity index (χ2v) is 10.1. The molecule has 3 N–H and O–H groups in total. The molecule has 0 saturated heterocycles. The summed E-state index contributed by atoms with van der Waals surface area (Å²) in [5.74, 6) is -0.717. The maximum atomic E-state index is 13.0. The van der Waals surface area contributed by atoms with Gasteiger partial charge in [-0.1, -0.05) is 61.9 Å². The van der Waals surface area contributed by atoms with Crippen LogP contribution in [0.4, 0.5) is 4.79 Å². The molecule has 3 aliphatic rings. The van der Waals surface area contributed by atoms with Gasteiger partial charge in [-0.25, -0.2) is 4.79 Å². The molecule has 2 amide bonds. The molecule has 1 unspecified atom stereocenters. The van der Waals surface area contributed by atoms with Crippen LogP contribution in [0.15, 0.2) is 48.5 Å². The molecule has 5 rings (SSSR count). The van der Waals surface area contributed by atoms with Crippen LogP contribution in [-0.2, 0) is 14.3 Å².